The Morgan fingerprint density at radius 3 is 2.65 bits per heavy atom. The van der Waals surface area contributed by atoms with E-state index in [9.17, 15) is 13.2 Å². The quantitative estimate of drug-likeness (QED) is 0.437. The highest BCUT2D eigenvalue weighted by atomic mass is 19.4. The Morgan fingerprint density at radius 1 is 1.40 bits per heavy atom. The van der Waals surface area contributed by atoms with Crippen LogP contribution in [0.2, 0.25) is 0 Å². The van der Waals surface area contributed by atoms with Crippen LogP contribution in [0.15, 0.2) is 18.3 Å². The van der Waals surface area contributed by atoms with E-state index in [-0.39, 0.29) is 12.6 Å². The molecule has 1 aromatic rings. The van der Waals surface area contributed by atoms with Crippen LogP contribution in [0.4, 0.5) is 13.2 Å². The van der Waals surface area contributed by atoms with E-state index in [1.807, 2.05) is 19.1 Å². The van der Waals surface area contributed by atoms with E-state index in [1.54, 1.807) is 6.20 Å². The van der Waals surface area contributed by atoms with Crippen LogP contribution in [0.3, 0.4) is 0 Å². The maximum atomic E-state index is 11.9. The Labute approximate surface area is 116 Å². The summed E-state index contributed by atoms with van der Waals surface area (Å²) in [6, 6.07) is 3.72. The van der Waals surface area contributed by atoms with Crippen molar-refractivity contribution in [3.05, 3.63) is 29.6 Å². The van der Waals surface area contributed by atoms with E-state index in [4.69, 9.17) is 5.84 Å². The third-order valence-corrected chi connectivity index (χ3v) is 2.86. The van der Waals surface area contributed by atoms with Crippen LogP contribution in [0.5, 0.6) is 0 Å². The molecule has 0 fully saturated rings. The molecule has 1 atom stereocenters. The van der Waals surface area contributed by atoms with Gasteiger partial charge in [0.25, 0.3) is 0 Å². The number of halogens is 3. The number of hydrogen-bond acceptors (Lipinski definition) is 4. The topological polar surface area (TPSA) is 60.2 Å². The zero-order chi connectivity index (χ0) is 15.0. The maximum Gasteiger partial charge on any atom is 0.411 e. The van der Waals surface area contributed by atoms with Gasteiger partial charge in [-0.15, -0.1) is 0 Å². The van der Waals surface area contributed by atoms with E-state index in [0.29, 0.717) is 12.8 Å². The molecule has 1 heterocycles. The molecular weight excluding hydrogens is 271 g/mol. The van der Waals surface area contributed by atoms with Gasteiger partial charge in [-0.3, -0.25) is 16.3 Å². The first-order chi connectivity index (χ1) is 9.44. The molecule has 4 nitrogen and oxygen atoms in total. The second-order valence-electron chi connectivity index (χ2n) is 4.54. The van der Waals surface area contributed by atoms with Gasteiger partial charge in [0, 0.05) is 31.0 Å². The molecule has 0 aliphatic rings. The smallest absolute Gasteiger partial charge is 0.372 e. The summed E-state index contributed by atoms with van der Waals surface area (Å²) in [5.41, 5.74) is 4.56. The lowest BCUT2D eigenvalue weighted by molar-refractivity contribution is -0.174. The molecule has 0 aromatic carbocycles. The molecule has 114 valence electrons. The Kier molecular flexibility index (Phi) is 6.90. The van der Waals surface area contributed by atoms with Gasteiger partial charge in [0.15, 0.2) is 0 Å². The summed E-state index contributed by atoms with van der Waals surface area (Å²) in [5, 5.41) is 0. The molecule has 0 aliphatic heterocycles. The maximum absolute atomic E-state index is 11.9. The Balaban J connectivity index is 2.34. The van der Waals surface area contributed by atoms with Crippen LogP contribution in [0.1, 0.15) is 24.6 Å². The third-order valence-electron chi connectivity index (χ3n) is 2.86. The molecule has 1 aromatic heterocycles. The van der Waals surface area contributed by atoms with Crippen molar-refractivity contribution in [1.29, 1.82) is 0 Å². The van der Waals surface area contributed by atoms with Crippen LogP contribution in [-0.4, -0.2) is 30.4 Å². The second kappa shape index (κ2) is 8.18. The van der Waals surface area contributed by atoms with Gasteiger partial charge in [0.2, 0.25) is 0 Å². The minimum Gasteiger partial charge on any atom is -0.372 e. The standard InChI is InChI=1S/C13H20F3N3O/c1-2-10-3-4-11(18-8-10)7-12(19-17)5-6-20-9-13(14,15)16/h3-4,8,12,19H,2,5-7,9,17H2,1H3. The number of hydrazine groups is 1. The zero-order valence-electron chi connectivity index (χ0n) is 11.4. The lowest BCUT2D eigenvalue weighted by Gasteiger charge is -2.16. The Morgan fingerprint density at radius 2 is 2.15 bits per heavy atom. The summed E-state index contributed by atoms with van der Waals surface area (Å²) < 4.78 is 40.3. The first-order valence-electron chi connectivity index (χ1n) is 6.49. The SMILES string of the molecule is CCc1ccc(CC(CCOCC(F)(F)F)NN)nc1. The van der Waals surface area contributed by atoms with Crippen LogP contribution in [0, 0.1) is 0 Å². The fourth-order valence-electron chi connectivity index (χ4n) is 1.70. The number of pyridine rings is 1. The fourth-order valence-corrected chi connectivity index (χ4v) is 1.70. The van der Waals surface area contributed by atoms with Gasteiger partial charge in [0.05, 0.1) is 0 Å². The average Bonchev–Trinajstić information content (AvgIpc) is 2.42. The number of alkyl halides is 3. The van der Waals surface area contributed by atoms with Crippen molar-refractivity contribution in [2.45, 2.75) is 38.4 Å². The van der Waals surface area contributed by atoms with E-state index in [2.05, 4.69) is 15.1 Å². The van der Waals surface area contributed by atoms with Gasteiger partial charge in [-0.25, -0.2) is 0 Å². The Bertz CT molecular complexity index is 381. The molecule has 0 amide bonds. The van der Waals surface area contributed by atoms with Gasteiger partial charge >= 0.3 is 6.18 Å². The van der Waals surface area contributed by atoms with Gasteiger partial charge in [-0.1, -0.05) is 13.0 Å². The molecule has 20 heavy (non-hydrogen) atoms. The number of rotatable bonds is 8. The molecule has 0 saturated heterocycles. The summed E-state index contributed by atoms with van der Waals surface area (Å²) in [6.07, 6.45) is -0.636. The van der Waals surface area contributed by atoms with Crippen LogP contribution in [-0.2, 0) is 17.6 Å². The largest absolute Gasteiger partial charge is 0.411 e. The second-order valence-corrected chi connectivity index (χ2v) is 4.54. The van der Waals surface area contributed by atoms with Crippen molar-refractivity contribution < 1.29 is 17.9 Å². The van der Waals surface area contributed by atoms with Gasteiger partial charge in [0.1, 0.15) is 6.61 Å². The summed E-state index contributed by atoms with van der Waals surface area (Å²) in [4.78, 5) is 4.29. The lowest BCUT2D eigenvalue weighted by Crippen LogP contribution is -2.38. The molecule has 0 spiro atoms. The first kappa shape index (κ1) is 16.9. The first-order valence-corrected chi connectivity index (χ1v) is 6.49. The average molecular weight is 291 g/mol. The molecular formula is C13H20F3N3O. The van der Waals surface area contributed by atoms with E-state index in [1.165, 1.54) is 0 Å². The van der Waals surface area contributed by atoms with E-state index in [0.717, 1.165) is 17.7 Å². The number of nitrogens with one attached hydrogen (secondary N) is 1. The molecule has 7 heteroatoms. The molecule has 1 unspecified atom stereocenters. The molecule has 3 N–H and O–H groups in total. The Hall–Kier alpha value is -1.18. The van der Waals surface area contributed by atoms with Gasteiger partial charge in [-0.2, -0.15) is 13.2 Å². The summed E-state index contributed by atoms with van der Waals surface area (Å²) in [6.45, 7) is 0.814. The minimum absolute atomic E-state index is 0.00141. The highest BCUT2D eigenvalue weighted by molar-refractivity contribution is 5.14. The summed E-state index contributed by atoms with van der Waals surface area (Å²) in [5.74, 6) is 5.39. The predicted molar refractivity (Wildman–Crippen MR) is 69.9 cm³/mol. The number of hydrogen-bond donors (Lipinski definition) is 2. The van der Waals surface area contributed by atoms with Crippen molar-refractivity contribution >= 4 is 0 Å². The van der Waals surface area contributed by atoms with E-state index >= 15 is 0 Å². The lowest BCUT2D eigenvalue weighted by atomic mass is 10.1. The number of aryl methyl sites for hydroxylation is 1. The summed E-state index contributed by atoms with van der Waals surface area (Å²) >= 11 is 0. The highest BCUT2D eigenvalue weighted by Crippen LogP contribution is 2.14. The monoisotopic (exact) mass is 291 g/mol. The predicted octanol–water partition coefficient (Wildman–Crippen LogP) is 1.99. The molecule has 0 saturated carbocycles. The molecule has 0 radical (unpaired) electrons. The molecule has 0 aliphatic carbocycles. The van der Waals surface area contributed by atoms with Gasteiger partial charge in [-0.05, 0) is 24.5 Å². The number of aromatic nitrogens is 1. The normalized spacial score (nSPS) is 13.4. The van der Waals surface area contributed by atoms with Crippen LogP contribution >= 0.6 is 0 Å². The minimum atomic E-state index is -4.29. The number of nitrogens with two attached hydrogens (primary N) is 1. The van der Waals surface area contributed by atoms with E-state index < -0.39 is 12.8 Å². The van der Waals surface area contributed by atoms with Crippen LogP contribution in [0.25, 0.3) is 0 Å². The molecule has 1 rings (SSSR count). The summed E-state index contributed by atoms with van der Waals surface area (Å²) in [7, 11) is 0. The number of nitrogens with zero attached hydrogens (tertiary/aromatic N) is 1. The van der Waals surface area contributed by atoms with Crippen molar-refractivity contribution in [3.63, 3.8) is 0 Å². The van der Waals surface area contributed by atoms with Crippen molar-refractivity contribution in [1.82, 2.24) is 10.4 Å². The zero-order valence-corrected chi connectivity index (χ0v) is 11.4. The van der Waals surface area contributed by atoms with Gasteiger partial charge < -0.3 is 4.74 Å². The third kappa shape index (κ3) is 6.83. The molecule has 0 bridgehead atoms. The highest BCUT2D eigenvalue weighted by Gasteiger charge is 2.27. The van der Waals surface area contributed by atoms with Crippen molar-refractivity contribution in [3.8, 4) is 0 Å². The van der Waals surface area contributed by atoms with Crippen molar-refractivity contribution in [2.75, 3.05) is 13.2 Å². The fraction of sp³-hybridized carbons (Fsp3) is 0.615. The van der Waals surface area contributed by atoms with Crippen LogP contribution < -0.4 is 11.3 Å². The number of ether oxygens (including phenoxy) is 1. The van der Waals surface area contributed by atoms with Crippen molar-refractivity contribution in [2.24, 2.45) is 5.84 Å².